The fourth-order valence-corrected chi connectivity index (χ4v) is 3.53. The van der Waals surface area contributed by atoms with Gasteiger partial charge in [0.2, 0.25) is 0 Å². The number of hydrogen-bond acceptors (Lipinski definition) is 3. The van der Waals surface area contributed by atoms with Crippen LogP contribution in [0.5, 0.6) is 0 Å². The van der Waals surface area contributed by atoms with E-state index in [0.717, 1.165) is 6.42 Å². The number of rotatable bonds is 2. The molecule has 0 bridgehead atoms. The molecule has 3 atom stereocenters. The molecule has 2 N–H and O–H groups in total. The maximum Gasteiger partial charge on any atom is 0.0693 e. The maximum atomic E-state index is 9.72. The third kappa shape index (κ3) is 2.88. The molecule has 3 unspecified atom stereocenters. The van der Waals surface area contributed by atoms with Crippen molar-refractivity contribution in [3.63, 3.8) is 0 Å². The van der Waals surface area contributed by atoms with Crippen LogP contribution in [0.1, 0.15) is 38.5 Å². The second-order valence-corrected chi connectivity index (χ2v) is 5.74. The van der Waals surface area contributed by atoms with Crippen LogP contribution >= 0.6 is 11.8 Å². The Bertz CT molecular complexity index is 169. The van der Waals surface area contributed by atoms with E-state index < -0.39 is 0 Å². The number of hydrogen-bond donors (Lipinski definition) is 2. The lowest BCUT2D eigenvalue weighted by Gasteiger charge is -2.23. The molecule has 82 valence electrons. The second-order valence-electron chi connectivity index (χ2n) is 4.51. The third-order valence-corrected chi connectivity index (χ3v) is 4.48. The largest absolute Gasteiger partial charge is 0.392 e. The van der Waals surface area contributed by atoms with Gasteiger partial charge in [0.25, 0.3) is 0 Å². The summed E-state index contributed by atoms with van der Waals surface area (Å²) in [5, 5.41) is 13.4. The summed E-state index contributed by atoms with van der Waals surface area (Å²) in [5.74, 6) is 2.62. The molecule has 1 saturated carbocycles. The van der Waals surface area contributed by atoms with E-state index in [9.17, 15) is 5.11 Å². The summed E-state index contributed by atoms with van der Waals surface area (Å²) >= 11 is 2.08. The van der Waals surface area contributed by atoms with E-state index in [-0.39, 0.29) is 6.10 Å². The monoisotopic (exact) mass is 215 g/mol. The van der Waals surface area contributed by atoms with Gasteiger partial charge in [-0.05, 0) is 50.0 Å². The summed E-state index contributed by atoms with van der Waals surface area (Å²) in [6.07, 6.45) is 7.21. The Morgan fingerprint density at radius 2 is 1.93 bits per heavy atom. The summed E-state index contributed by atoms with van der Waals surface area (Å²) in [6, 6.07) is 1.06. The first-order valence-corrected chi connectivity index (χ1v) is 7.03. The van der Waals surface area contributed by atoms with Gasteiger partial charge in [0.05, 0.1) is 6.10 Å². The SMILES string of the molecule is OC1CCCC1NC1CCCSCC1. The summed E-state index contributed by atoms with van der Waals surface area (Å²) in [6.45, 7) is 0. The van der Waals surface area contributed by atoms with Gasteiger partial charge in [-0.1, -0.05) is 0 Å². The van der Waals surface area contributed by atoms with Crippen LogP contribution < -0.4 is 5.32 Å². The molecule has 3 heteroatoms. The summed E-state index contributed by atoms with van der Waals surface area (Å²) in [5.41, 5.74) is 0. The quantitative estimate of drug-likeness (QED) is 0.736. The highest BCUT2D eigenvalue weighted by atomic mass is 32.2. The van der Waals surface area contributed by atoms with Crippen molar-refractivity contribution in [2.75, 3.05) is 11.5 Å². The van der Waals surface area contributed by atoms with Crippen molar-refractivity contribution in [1.29, 1.82) is 0 Å². The number of aliphatic hydroxyl groups excluding tert-OH is 1. The first-order chi connectivity index (χ1) is 6.86. The first kappa shape index (κ1) is 10.8. The first-order valence-electron chi connectivity index (χ1n) is 5.88. The Morgan fingerprint density at radius 3 is 2.71 bits per heavy atom. The molecule has 0 radical (unpaired) electrons. The van der Waals surface area contributed by atoms with Gasteiger partial charge in [-0.25, -0.2) is 0 Å². The highest BCUT2D eigenvalue weighted by Gasteiger charge is 2.27. The zero-order chi connectivity index (χ0) is 9.80. The van der Waals surface area contributed by atoms with Crippen molar-refractivity contribution in [1.82, 2.24) is 5.32 Å². The van der Waals surface area contributed by atoms with Crippen molar-refractivity contribution in [2.45, 2.75) is 56.7 Å². The van der Waals surface area contributed by atoms with Crippen LogP contribution in [-0.2, 0) is 0 Å². The van der Waals surface area contributed by atoms with E-state index in [0.29, 0.717) is 12.1 Å². The zero-order valence-electron chi connectivity index (χ0n) is 8.74. The normalized spacial score (nSPS) is 39.6. The van der Waals surface area contributed by atoms with Crippen LogP contribution in [0, 0.1) is 0 Å². The molecule has 0 aromatic rings. The average Bonchev–Trinajstić information content (AvgIpc) is 2.44. The third-order valence-electron chi connectivity index (χ3n) is 3.38. The molecule has 0 amide bonds. The molecule has 2 nitrogen and oxygen atoms in total. The predicted octanol–water partition coefficient (Wildman–Crippen LogP) is 1.78. The minimum atomic E-state index is -0.0779. The highest BCUT2D eigenvalue weighted by molar-refractivity contribution is 7.99. The molecule has 0 spiro atoms. The van der Waals surface area contributed by atoms with Gasteiger partial charge in [0.1, 0.15) is 0 Å². The zero-order valence-corrected chi connectivity index (χ0v) is 9.56. The molecule has 1 saturated heterocycles. The molecule has 14 heavy (non-hydrogen) atoms. The lowest BCUT2D eigenvalue weighted by molar-refractivity contribution is 0.141. The Kier molecular flexibility index (Phi) is 4.14. The topological polar surface area (TPSA) is 32.3 Å². The molecular formula is C11H21NOS. The van der Waals surface area contributed by atoms with Crippen molar-refractivity contribution in [2.24, 2.45) is 0 Å². The van der Waals surface area contributed by atoms with Crippen LogP contribution in [0.3, 0.4) is 0 Å². The van der Waals surface area contributed by atoms with E-state index >= 15 is 0 Å². The Balaban J connectivity index is 1.77. The van der Waals surface area contributed by atoms with Crippen LogP contribution in [0.4, 0.5) is 0 Å². The van der Waals surface area contributed by atoms with Gasteiger partial charge in [0, 0.05) is 12.1 Å². The molecule has 1 aliphatic heterocycles. The van der Waals surface area contributed by atoms with E-state index in [2.05, 4.69) is 17.1 Å². The van der Waals surface area contributed by atoms with Crippen LogP contribution in [0.25, 0.3) is 0 Å². The van der Waals surface area contributed by atoms with E-state index in [1.54, 1.807) is 0 Å². The van der Waals surface area contributed by atoms with Gasteiger partial charge in [0.15, 0.2) is 0 Å². The maximum absolute atomic E-state index is 9.72. The van der Waals surface area contributed by atoms with E-state index in [1.165, 1.54) is 43.6 Å². The fourth-order valence-electron chi connectivity index (χ4n) is 2.51. The molecule has 2 fully saturated rings. The van der Waals surface area contributed by atoms with Crippen LogP contribution in [0.2, 0.25) is 0 Å². The molecule has 2 rings (SSSR count). The van der Waals surface area contributed by atoms with Gasteiger partial charge in [-0.2, -0.15) is 11.8 Å². The Hall–Kier alpha value is 0.270. The highest BCUT2D eigenvalue weighted by Crippen LogP contribution is 2.22. The fraction of sp³-hybridized carbons (Fsp3) is 1.00. The van der Waals surface area contributed by atoms with E-state index in [1.807, 2.05) is 0 Å². The standard InChI is InChI=1S/C11H21NOS/c13-11-5-1-4-10(11)12-9-3-2-7-14-8-6-9/h9-13H,1-8H2. The van der Waals surface area contributed by atoms with Gasteiger partial charge in [-0.15, -0.1) is 0 Å². The lowest BCUT2D eigenvalue weighted by atomic mass is 10.1. The summed E-state index contributed by atoms with van der Waals surface area (Å²) in [4.78, 5) is 0. The Morgan fingerprint density at radius 1 is 1.00 bits per heavy atom. The summed E-state index contributed by atoms with van der Waals surface area (Å²) in [7, 11) is 0. The molecule has 0 aromatic carbocycles. The number of aliphatic hydroxyl groups is 1. The average molecular weight is 215 g/mol. The van der Waals surface area contributed by atoms with Gasteiger partial charge < -0.3 is 10.4 Å². The van der Waals surface area contributed by atoms with Crippen LogP contribution in [-0.4, -0.2) is 34.8 Å². The van der Waals surface area contributed by atoms with Crippen molar-refractivity contribution >= 4 is 11.8 Å². The number of nitrogens with one attached hydrogen (secondary N) is 1. The lowest BCUT2D eigenvalue weighted by Crippen LogP contribution is -2.42. The second kappa shape index (κ2) is 5.38. The van der Waals surface area contributed by atoms with Crippen molar-refractivity contribution < 1.29 is 5.11 Å². The molecular weight excluding hydrogens is 194 g/mol. The molecule has 0 aromatic heterocycles. The van der Waals surface area contributed by atoms with Gasteiger partial charge in [-0.3, -0.25) is 0 Å². The minimum Gasteiger partial charge on any atom is -0.392 e. The predicted molar refractivity (Wildman–Crippen MR) is 61.7 cm³/mol. The summed E-state index contributed by atoms with van der Waals surface area (Å²) < 4.78 is 0. The number of thioether (sulfide) groups is 1. The smallest absolute Gasteiger partial charge is 0.0693 e. The van der Waals surface area contributed by atoms with E-state index in [4.69, 9.17) is 0 Å². The molecule has 1 heterocycles. The van der Waals surface area contributed by atoms with Gasteiger partial charge >= 0.3 is 0 Å². The Labute approximate surface area is 90.8 Å². The van der Waals surface area contributed by atoms with Crippen LogP contribution in [0.15, 0.2) is 0 Å². The minimum absolute atomic E-state index is 0.0779. The van der Waals surface area contributed by atoms with Crippen molar-refractivity contribution in [3.8, 4) is 0 Å². The molecule has 1 aliphatic carbocycles. The van der Waals surface area contributed by atoms with Crippen molar-refractivity contribution in [3.05, 3.63) is 0 Å². The molecule has 2 aliphatic rings.